The van der Waals surface area contributed by atoms with Crippen LogP contribution in [0, 0.1) is 10.1 Å². The maximum atomic E-state index is 11.7. The first-order valence-electron chi connectivity index (χ1n) is 5.25. The van der Waals surface area contributed by atoms with Crippen LogP contribution in [0.4, 0.5) is 11.4 Å². The number of nitrogens with zero attached hydrogens (tertiary/aromatic N) is 3. The van der Waals surface area contributed by atoms with E-state index >= 15 is 0 Å². The van der Waals surface area contributed by atoms with E-state index in [2.05, 4.69) is 10.4 Å². The van der Waals surface area contributed by atoms with Gasteiger partial charge in [0.25, 0.3) is 0 Å². The van der Waals surface area contributed by atoms with E-state index in [-0.39, 0.29) is 22.8 Å². The molecule has 0 bridgehead atoms. The fraction of sp³-hybridized carbons (Fsp3) is 0.100. The highest BCUT2D eigenvalue weighted by atomic mass is 32.1. The quantitative estimate of drug-likeness (QED) is 0.630. The Morgan fingerprint density at radius 1 is 1.55 bits per heavy atom. The molecule has 9 nitrogen and oxygen atoms in total. The Morgan fingerprint density at radius 2 is 2.30 bits per heavy atom. The van der Waals surface area contributed by atoms with Crippen LogP contribution in [0.3, 0.4) is 0 Å². The van der Waals surface area contributed by atoms with Crippen LogP contribution in [-0.2, 0) is 11.3 Å². The Labute approximate surface area is 115 Å². The Kier molecular flexibility index (Phi) is 3.75. The lowest BCUT2D eigenvalue weighted by Crippen LogP contribution is -2.19. The van der Waals surface area contributed by atoms with Crippen molar-refractivity contribution in [2.75, 3.05) is 5.32 Å². The molecular formula is C10H8N4O5S. The van der Waals surface area contributed by atoms with Crippen LogP contribution in [0.2, 0.25) is 0 Å². The summed E-state index contributed by atoms with van der Waals surface area (Å²) in [5.74, 6) is -1.66. The average Bonchev–Trinajstić information content (AvgIpc) is 2.97. The molecular weight excluding hydrogens is 288 g/mol. The number of hydrogen-bond acceptors (Lipinski definition) is 6. The zero-order chi connectivity index (χ0) is 14.7. The van der Waals surface area contributed by atoms with Crippen molar-refractivity contribution in [1.82, 2.24) is 9.78 Å². The number of aromatic nitrogens is 2. The van der Waals surface area contributed by atoms with Crippen molar-refractivity contribution >= 4 is 34.6 Å². The van der Waals surface area contributed by atoms with Crippen LogP contribution < -0.4 is 5.32 Å². The molecule has 1 amide bonds. The van der Waals surface area contributed by atoms with Gasteiger partial charge in [-0.2, -0.15) is 5.10 Å². The molecule has 0 saturated carbocycles. The van der Waals surface area contributed by atoms with Crippen molar-refractivity contribution in [3.63, 3.8) is 0 Å². The van der Waals surface area contributed by atoms with Gasteiger partial charge in [-0.3, -0.25) is 19.6 Å². The van der Waals surface area contributed by atoms with Gasteiger partial charge in [0, 0.05) is 0 Å². The monoisotopic (exact) mass is 296 g/mol. The normalized spacial score (nSPS) is 10.2. The predicted molar refractivity (Wildman–Crippen MR) is 68.8 cm³/mol. The van der Waals surface area contributed by atoms with Crippen LogP contribution in [-0.4, -0.2) is 31.7 Å². The van der Waals surface area contributed by atoms with E-state index in [1.165, 1.54) is 11.4 Å². The van der Waals surface area contributed by atoms with E-state index in [0.29, 0.717) is 0 Å². The van der Waals surface area contributed by atoms with Crippen LogP contribution >= 0.6 is 11.3 Å². The Morgan fingerprint density at radius 3 is 2.90 bits per heavy atom. The minimum atomic E-state index is -1.13. The number of carboxylic acid groups (broad SMARTS) is 1. The molecule has 0 spiro atoms. The molecule has 0 aromatic carbocycles. The molecule has 2 aromatic rings. The van der Waals surface area contributed by atoms with Gasteiger partial charge in [0.05, 0.1) is 10.6 Å². The molecule has 10 heteroatoms. The van der Waals surface area contributed by atoms with E-state index in [9.17, 15) is 19.7 Å². The van der Waals surface area contributed by atoms with Gasteiger partial charge in [0.1, 0.15) is 23.8 Å². The number of thiophene rings is 1. The second kappa shape index (κ2) is 5.48. The van der Waals surface area contributed by atoms with E-state index in [1.54, 1.807) is 0 Å². The van der Waals surface area contributed by atoms with Gasteiger partial charge in [0.15, 0.2) is 0 Å². The van der Waals surface area contributed by atoms with Crippen LogP contribution in [0.1, 0.15) is 9.67 Å². The number of nitrogens with one attached hydrogen (secondary N) is 1. The summed E-state index contributed by atoms with van der Waals surface area (Å²) < 4.78 is 1.10. The molecule has 0 unspecified atom stereocenters. The summed E-state index contributed by atoms with van der Waals surface area (Å²) in [5, 5.41) is 27.0. The van der Waals surface area contributed by atoms with Crippen molar-refractivity contribution in [3.8, 4) is 0 Å². The molecule has 2 aromatic heterocycles. The molecule has 2 N–H and O–H groups in total. The molecule has 0 aliphatic heterocycles. The minimum Gasteiger partial charge on any atom is -0.477 e. The fourth-order valence-electron chi connectivity index (χ4n) is 1.44. The number of rotatable bonds is 5. The van der Waals surface area contributed by atoms with Gasteiger partial charge in [0.2, 0.25) is 5.91 Å². The predicted octanol–water partition coefficient (Wildman–Crippen LogP) is 1.19. The van der Waals surface area contributed by atoms with E-state index in [0.717, 1.165) is 28.4 Å². The second-order valence-corrected chi connectivity index (χ2v) is 4.59. The van der Waals surface area contributed by atoms with E-state index in [4.69, 9.17) is 5.11 Å². The van der Waals surface area contributed by atoms with Gasteiger partial charge in [-0.1, -0.05) is 0 Å². The summed E-state index contributed by atoms with van der Waals surface area (Å²) in [6.45, 7) is -0.247. The second-order valence-electron chi connectivity index (χ2n) is 3.67. The van der Waals surface area contributed by atoms with Gasteiger partial charge < -0.3 is 10.4 Å². The van der Waals surface area contributed by atoms with Crippen LogP contribution in [0.5, 0.6) is 0 Å². The molecule has 0 atom stereocenters. The molecule has 20 heavy (non-hydrogen) atoms. The smallest absolute Gasteiger partial charge is 0.348 e. The largest absolute Gasteiger partial charge is 0.477 e. The lowest BCUT2D eigenvalue weighted by Gasteiger charge is -2.04. The highest BCUT2D eigenvalue weighted by molar-refractivity contribution is 7.12. The van der Waals surface area contributed by atoms with Gasteiger partial charge in [-0.15, -0.1) is 11.3 Å². The summed E-state index contributed by atoms with van der Waals surface area (Å²) in [7, 11) is 0. The Bertz CT molecular complexity index is 677. The number of hydrogen-bond donors (Lipinski definition) is 2. The number of carboxylic acids is 1. The van der Waals surface area contributed by atoms with Crippen molar-refractivity contribution in [2.45, 2.75) is 6.54 Å². The summed E-state index contributed by atoms with van der Waals surface area (Å²) in [6, 6.07) is 1.47. The summed E-state index contributed by atoms with van der Waals surface area (Å²) in [5.41, 5.74) is -0.0336. The number of aromatic carboxylic acids is 1. The van der Waals surface area contributed by atoms with Crippen molar-refractivity contribution < 1.29 is 19.6 Å². The summed E-state index contributed by atoms with van der Waals surface area (Å²) >= 11 is 0.988. The van der Waals surface area contributed by atoms with Gasteiger partial charge >= 0.3 is 11.7 Å². The molecule has 2 rings (SSSR count). The Balaban J connectivity index is 2.03. The topological polar surface area (TPSA) is 127 Å². The SMILES string of the molecule is O=C(Cn1cc([N+](=O)[O-])cn1)Nc1ccsc1C(=O)O. The molecule has 0 saturated heterocycles. The fourth-order valence-corrected chi connectivity index (χ4v) is 2.13. The molecule has 104 valence electrons. The van der Waals surface area contributed by atoms with Crippen molar-refractivity contribution in [1.29, 1.82) is 0 Å². The third-order valence-corrected chi connectivity index (χ3v) is 3.17. The van der Waals surface area contributed by atoms with Crippen LogP contribution in [0.15, 0.2) is 23.8 Å². The lowest BCUT2D eigenvalue weighted by molar-refractivity contribution is -0.385. The molecule has 0 radical (unpaired) electrons. The number of anilines is 1. The highest BCUT2D eigenvalue weighted by Gasteiger charge is 2.15. The minimum absolute atomic E-state index is 0.0183. The van der Waals surface area contributed by atoms with Gasteiger partial charge in [-0.05, 0) is 11.4 Å². The molecule has 0 aliphatic rings. The summed E-state index contributed by atoms with van der Waals surface area (Å²) in [6.07, 6.45) is 2.14. The molecule has 0 aliphatic carbocycles. The number of carbonyl (C=O) groups is 2. The van der Waals surface area contributed by atoms with Crippen LogP contribution in [0.25, 0.3) is 0 Å². The van der Waals surface area contributed by atoms with Crippen molar-refractivity contribution in [2.24, 2.45) is 0 Å². The van der Waals surface area contributed by atoms with E-state index in [1.807, 2.05) is 0 Å². The Hall–Kier alpha value is -2.75. The highest BCUT2D eigenvalue weighted by Crippen LogP contribution is 2.22. The maximum Gasteiger partial charge on any atom is 0.348 e. The lowest BCUT2D eigenvalue weighted by atomic mass is 10.4. The van der Waals surface area contributed by atoms with Crippen molar-refractivity contribution in [3.05, 3.63) is 38.8 Å². The third-order valence-electron chi connectivity index (χ3n) is 2.27. The first-order chi connectivity index (χ1) is 9.47. The first kappa shape index (κ1) is 13.7. The van der Waals surface area contributed by atoms with E-state index < -0.39 is 16.8 Å². The maximum absolute atomic E-state index is 11.7. The molecule has 0 fully saturated rings. The van der Waals surface area contributed by atoms with Gasteiger partial charge in [-0.25, -0.2) is 4.79 Å². The zero-order valence-corrected chi connectivity index (χ0v) is 10.7. The summed E-state index contributed by atoms with van der Waals surface area (Å²) in [4.78, 5) is 32.4. The number of carbonyl (C=O) groups excluding carboxylic acids is 1. The average molecular weight is 296 g/mol. The standard InChI is InChI=1S/C10H8N4O5S/c15-8(5-13-4-6(3-11-13)14(18)19)12-7-1-2-20-9(7)10(16)17/h1-4H,5H2,(H,12,15)(H,16,17). The zero-order valence-electron chi connectivity index (χ0n) is 9.85. The first-order valence-corrected chi connectivity index (χ1v) is 6.13. The number of amides is 1. The number of nitro groups is 1. The third kappa shape index (κ3) is 2.98. The molecule has 2 heterocycles.